The number of ether oxygens (including phenoxy) is 4. The van der Waals surface area contributed by atoms with Crippen LogP contribution in [0.2, 0.25) is 0 Å². The molecule has 120 valence electrons. The third kappa shape index (κ3) is 11.4. The van der Waals surface area contributed by atoms with E-state index in [-0.39, 0.29) is 0 Å². The van der Waals surface area contributed by atoms with Gasteiger partial charge in [0.05, 0.1) is 46.2 Å². The van der Waals surface area contributed by atoms with Gasteiger partial charge in [0.1, 0.15) is 0 Å². The van der Waals surface area contributed by atoms with Crippen LogP contribution in [0.5, 0.6) is 0 Å². The van der Waals surface area contributed by atoms with E-state index in [1.54, 1.807) is 0 Å². The van der Waals surface area contributed by atoms with Gasteiger partial charge in [-0.2, -0.15) is 0 Å². The molecule has 1 heterocycles. The maximum absolute atomic E-state index is 5.64. The standard InChI is InChI=1S/C12H24Br2N2O4/c13-12(14)11-19-7-3-15-1-5-17-9-10-18-6-2-16-4-8-20-12/h15-16H,1-11H2. The van der Waals surface area contributed by atoms with Crippen molar-refractivity contribution in [3.8, 4) is 0 Å². The van der Waals surface area contributed by atoms with Crippen LogP contribution >= 0.6 is 31.9 Å². The Morgan fingerprint density at radius 3 is 1.75 bits per heavy atom. The second-order valence-electron chi connectivity index (χ2n) is 4.26. The van der Waals surface area contributed by atoms with Crippen molar-refractivity contribution in [2.45, 2.75) is 3.42 Å². The molecule has 1 rings (SSSR count). The topological polar surface area (TPSA) is 61.0 Å². The Morgan fingerprint density at radius 2 is 1.15 bits per heavy atom. The zero-order valence-corrected chi connectivity index (χ0v) is 14.8. The molecule has 0 bridgehead atoms. The van der Waals surface area contributed by atoms with Gasteiger partial charge in [-0.1, -0.05) is 0 Å². The number of hydrogen-bond acceptors (Lipinski definition) is 6. The average Bonchev–Trinajstić information content (AvgIpc) is 2.41. The van der Waals surface area contributed by atoms with E-state index in [0.717, 1.165) is 26.2 Å². The molecule has 0 aliphatic carbocycles. The molecule has 1 saturated heterocycles. The van der Waals surface area contributed by atoms with E-state index in [2.05, 4.69) is 42.5 Å². The van der Waals surface area contributed by atoms with Crippen molar-refractivity contribution in [2.75, 3.05) is 72.4 Å². The van der Waals surface area contributed by atoms with Gasteiger partial charge in [0.15, 0.2) is 0 Å². The summed E-state index contributed by atoms with van der Waals surface area (Å²) in [5.74, 6) is 0. The fourth-order valence-electron chi connectivity index (χ4n) is 1.51. The van der Waals surface area contributed by atoms with E-state index in [1.807, 2.05) is 0 Å². The second kappa shape index (κ2) is 12.3. The zero-order chi connectivity index (χ0) is 14.5. The van der Waals surface area contributed by atoms with Gasteiger partial charge in [0, 0.05) is 26.2 Å². The molecule has 0 atom stereocenters. The molecule has 0 radical (unpaired) electrons. The van der Waals surface area contributed by atoms with Crippen LogP contribution in [-0.4, -0.2) is 75.8 Å². The average molecular weight is 420 g/mol. The van der Waals surface area contributed by atoms with Crippen molar-refractivity contribution in [1.29, 1.82) is 0 Å². The molecule has 6 nitrogen and oxygen atoms in total. The van der Waals surface area contributed by atoms with Gasteiger partial charge < -0.3 is 29.6 Å². The minimum absolute atomic E-state index is 0.439. The second-order valence-corrected chi connectivity index (χ2v) is 7.89. The Bertz CT molecular complexity index is 216. The molecule has 20 heavy (non-hydrogen) atoms. The number of nitrogens with one attached hydrogen (secondary N) is 2. The van der Waals surface area contributed by atoms with Gasteiger partial charge in [-0.05, 0) is 31.9 Å². The van der Waals surface area contributed by atoms with Crippen LogP contribution in [0.15, 0.2) is 0 Å². The lowest BCUT2D eigenvalue weighted by Crippen LogP contribution is -2.32. The highest BCUT2D eigenvalue weighted by Crippen LogP contribution is 2.27. The molecule has 0 aromatic rings. The van der Waals surface area contributed by atoms with Crippen LogP contribution in [-0.2, 0) is 18.9 Å². The fourth-order valence-corrected chi connectivity index (χ4v) is 2.16. The van der Waals surface area contributed by atoms with Crippen LogP contribution in [0.4, 0.5) is 0 Å². The van der Waals surface area contributed by atoms with E-state index in [0.29, 0.717) is 46.2 Å². The summed E-state index contributed by atoms with van der Waals surface area (Å²) in [6.07, 6.45) is 0. The summed E-state index contributed by atoms with van der Waals surface area (Å²) < 4.78 is 21.4. The smallest absolute Gasteiger partial charge is 0.201 e. The SMILES string of the molecule is BrC1(Br)COCCNCCOCCOCCNCCO1. The van der Waals surface area contributed by atoms with E-state index in [1.165, 1.54) is 0 Å². The zero-order valence-electron chi connectivity index (χ0n) is 11.7. The van der Waals surface area contributed by atoms with Crippen molar-refractivity contribution in [3.05, 3.63) is 0 Å². The number of rotatable bonds is 0. The molecule has 1 aliphatic heterocycles. The highest BCUT2D eigenvalue weighted by Gasteiger charge is 2.23. The van der Waals surface area contributed by atoms with Crippen molar-refractivity contribution >= 4 is 31.9 Å². The predicted octanol–water partition coefficient (Wildman–Crippen LogP) is 0.689. The summed E-state index contributed by atoms with van der Waals surface area (Å²) in [7, 11) is 0. The Balaban J connectivity index is 2.18. The quantitative estimate of drug-likeness (QED) is 0.563. The van der Waals surface area contributed by atoms with E-state index in [9.17, 15) is 0 Å². The molecular formula is C12H24Br2N2O4. The van der Waals surface area contributed by atoms with Crippen molar-refractivity contribution in [2.24, 2.45) is 0 Å². The minimum Gasteiger partial charge on any atom is -0.378 e. The molecule has 1 fully saturated rings. The Labute approximate surface area is 137 Å². The monoisotopic (exact) mass is 418 g/mol. The summed E-state index contributed by atoms with van der Waals surface area (Å²) in [4.78, 5) is 0. The third-order valence-electron chi connectivity index (χ3n) is 2.50. The fraction of sp³-hybridized carbons (Fsp3) is 1.00. The first-order valence-corrected chi connectivity index (χ1v) is 8.46. The third-order valence-corrected chi connectivity index (χ3v) is 3.42. The minimum atomic E-state index is -0.618. The van der Waals surface area contributed by atoms with Gasteiger partial charge in [-0.25, -0.2) is 0 Å². The molecule has 8 heteroatoms. The van der Waals surface area contributed by atoms with Crippen molar-refractivity contribution < 1.29 is 18.9 Å². The van der Waals surface area contributed by atoms with Crippen LogP contribution < -0.4 is 10.6 Å². The molecular weight excluding hydrogens is 396 g/mol. The van der Waals surface area contributed by atoms with Crippen LogP contribution in [0, 0.1) is 0 Å². The van der Waals surface area contributed by atoms with Gasteiger partial charge in [-0.15, -0.1) is 0 Å². The summed E-state index contributed by atoms with van der Waals surface area (Å²) in [6, 6.07) is 0. The largest absolute Gasteiger partial charge is 0.378 e. The maximum atomic E-state index is 5.64. The summed E-state index contributed by atoms with van der Waals surface area (Å²) in [5.41, 5.74) is 0. The summed E-state index contributed by atoms with van der Waals surface area (Å²) in [5, 5.41) is 6.49. The van der Waals surface area contributed by atoms with Gasteiger partial charge in [0.2, 0.25) is 3.42 Å². The summed E-state index contributed by atoms with van der Waals surface area (Å²) in [6.45, 7) is 7.46. The van der Waals surface area contributed by atoms with Crippen molar-refractivity contribution in [1.82, 2.24) is 10.6 Å². The first-order valence-electron chi connectivity index (χ1n) is 6.87. The van der Waals surface area contributed by atoms with E-state index < -0.39 is 3.42 Å². The van der Waals surface area contributed by atoms with Crippen LogP contribution in [0.25, 0.3) is 0 Å². The number of halogens is 2. The molecule has 0 aromatic carbocycles. The van der Waals surface area contributed by atoms with E-state index >= 15 is 0 Å². The lowest BCUT2D eigenvalue weighted by molar-refractivity contribution is 0.0171. The molecule has 0 saturated carbocycles. The van der Waals surface area contributed by atoms with Crippen LogP contribution in [0.3, 0.4) is 0 Å². The molecule has 0 aromatic heterocycles. The Hall–Kier alpha value is 0.720. The maximum Gasteiger partial charge on any atom is 0.201 e. The predicted molar refractivity (Wildman–Crippen MR) is 84.7 cm³/mol. The molecule has 0 spiro atoms. The summed E-state index contributed by atoms with van der Waals surface area (Å²) >= 11 is 6.89. The highest BCUT2D eigenvalue weighted by molar-refractivity contribution is 9.25. The van der Waals surface area contributed by atoms with Gasteiger partial charge in [-0.3, -0.25) is 0 Å². The lowest BCUT2D eigenvalue weighted by atomic mass is 10.6. The van der Waals surface area contributed by atoms with Gasteiger partial charge >= 0.3 is 0 Å². The van der Waals surface area contributed by atoms with Crippen molar-refractivity contribution in [3.63, 3.8) is 0 Å². The van der Waals surface area contributed by atoms with Crippen LogP contribution in [0.1, 0.15) is 0 Å². The molecule has 0 unspecified atom stereocenters. The Morgan fingerprint density at radius 1 is 0.650 bits per heavy atom. The lowest BCUT2D eigenvalue weighted by Gasteiger charge is -2.21. The highest BCUT2D eigenvalue weighted by atomic mass is 79.9. The normalized spacial score (nSPS) is 25.5. The number of alkyl halides is 2. The van der Waals surface area contributed by atoms with E-state index in [4.69, 9.17) is 18.9 Å². The first kappa shape index (κ1) is 18.8. The molecule has 0 amide bonds. The molecule has 1 aliphatic rings. The number of hydrogen-bond donors (Lipinski definition) is 2. The Kier molecular flexibility index (Phi) is 11.5. The molecule has 2 N–H and O–H groups in total. The first-order chi connectivity index (χ1) is 9.71. The van der Waals surface area contributed by atoms with Gasteiger partial charge in [0.25, 0.3) is 0 Å².